The summed E-state index contributed by atoms with van der Waals surface area (Å²) in [6.07, 6.45) is 0. The molecule has 106 valence electrons. The molecule has 3 nitrogen and oxygen atoms in total. The topological polar surface area (TPSA) is 46.3 Å². The van der Waals surface area contributed by atoms with Crippen molar-refractivity contribution in [1.82, 2.24) is 4.90 Å². The Morgan fingerprint density at radius 3 is 2.37 bits per heavy atom. The Bertz CT molecular complexity index is 469. The van der Waals surface area contributed by atoms with Gasteiger partial charge in [-0.05, 0) is 23.1 Å². The Kier molecular flexibility index (Phi) is 4.63. The second-order valence-corrected chi connectivity index (χ2v) is 5.79. The SMILES string of the molecule is CN(Cc1ccc(F)c(F)c1)C(=O)[C@H](N)C(C)(C)C. The summed E-state index contributed by atoms with van der Waals surface area (Å²) < 4.78 is 25.9. The molecule has 1 amide bonds. The van der Waals surface area contributed by atoms with Crippen LogP contribution in [0.25, 0.3) is 0 Å². The number of likely N-dealkylation sites (N-methyl/N-ethyl adjacent to an activating group) is 1. The van der Waals surface area contributed by atoms with E-state index < -0.39 is 17.7 Å². The fourth-order valence-corrected chi connectivity index (χ4v) is 1.60. The number of carbonyl (C=O) groups excluding carboxylic acids is 1. The van der Waals surface area contributed by atoms with E-state index in [2.05, 4.69) is 0 Å². The molecule has 0 aliphatic rings. The van der Waals surface area contributed by atoms with Crippen LogP contribution in [0, 0.1) is 17.0 Å². The molecule has 1 rings (SSSR count). The van der Waals surface area contributed by atoms with Gasteiger partial charge in [0.2, 0.25) is 5.91 Å². The number of rotatable bonds is 3. The quantitative estimate of drug-likeness (QED) is 0.916. The lowest BCUT2D eigenvalue weighted by Gasteiger charge is -2.30. The molecule has 0 spiro atoms. The van der Waals surface area contributed by atoms with Crippen LogP contribution in [-0.4, -0.2) is 23.9 Å². The highest BCUT2D eigenvalue weighted by atomic mass is 19.2. The molecule has 2 N–H and O–H groups in total. The van der Waals surface area contributed by atoms with E-state index in [1.165, 1.54) is 11.0 Å². The molecule has 5 heteroatoms. The number of benzene rings is 1. The first-order chi connectivity index (χ1) is 8.62. The van der Waals surface area contributed by atoms with Gasteiger partial charge in [0.15, 0.2) is 11.6 Å². The van der Waals surface area contributed by atoms with E-state index in [1.807, 2.05) is 20.8 Å². The Morgan fingerprint density at radius 1 is 1.32 bits per heavy atom. The van der Waals surface area contributed by atoms with E-state index in [9.17, 15) is 13.6 Å². The molecule has 0 aromatic heterocycles. The van der Waals surface area contributed by atoms with E-state index in [4.69, 9.17) is 5.73 Å². The third-order valence-corrected chi connectivity index (χ3v) is 2.98. The molecule has 0 radical (unpaired) electrons. The minimum atomic E-state index is -0.918. The second-order valence-electron chi connectivity index (χ2n) is 5.79. The summed E-state index contributed by atoms with van der Waals surface area (Å²) in [6, 6.07) is 2.95. The number of carbonyl (C=O) groups is 1. The van der Waals surface area contributed by atoms with Gasteiger partial charge in [0.25, 0.3) is 0 Å². The van der Waals surface area contributed by atoms with Gasteiger partial charge in [-0.2, -0.15) is 0 Å². The van der Waals surface area contributed by atoms with Crippen molar-refractivity contribution in [1.29, 1.82) is 0 Å². The molecule has 1 aromatic rings. The molecule has 0 bridgehead atoms. The van der Waals surface area contributed by atoms with Crippen molar-refractivity contribution in [2.75, 3.05) is 7.05 Å². The predicted molar refractivity (Wildman–Crippen MR) is 70.3 cm³/mol. The van der Waals surface area contributed by atoms with E-state index in [1.54, 1.807) is 7.05 Å². The normalized spacial score (nSPS) is 13.2. The van der Waals surface area contributed by atoms with Crippen LogP contribution < -0.4 is 5.73 Å². The smallest absolute Gasteiger partial charge is 0.240 e. The molecule has 0 heterocycles. The molecule has 0 aliphatic heterocycles. The molecule has 1 atom stereocenters. The Morgan fingerprint density at radius 2 is 1.89 bits per heavy atom. The van der Waals surface area contributed by atoms with E-state index in [0.717, 1.165) is 12.1 Å². The van der Waals surface area contributed by atoms with Crippen LogP contribution in [0.4, 0.5) is 8.78 Å². The maximum atomic E-state index is 13.1. The minimum absolute atomic E-state index is 0.194. The lowest BCUT2D eigenvalue weighted by Crippen LogP contribution is -2.48. The summed E-state index contributed by atoms with van der Waals surface area (Å²) in [6.45, 7) is 5.82. The third kappa shape index (κ3) is 3.99. The van der Waals surface area contributed by atoms with Gasteiger partial charge in [0, 0.05) is 13.6 Å². The molecule has 19 heavy (non-hydrogen) atoms. The molecule has 1 aromatic carbocycles. The molecular weight excluding hydrogens is 250 g/mol. The van der Waals surface area contributed by atoms with Crippen molar-refractivity contribution in [3.05, 3.63) is 35.4 Å². The summed E-state index contributed by atoms with van der Waals surface area (Å²) in [4.78, 5) is 13.5. The average Bonchev–Trinajstić information content (AvgIpc) is 2.30. The van der Waals surface area contributed by atoms with Gasteiger partial charge in [-0.15, -0.1) is 0 Å². The second kappa shape index (κ2) is 5.65. The maximum absolute atomic E-state index is 13.1. The maximum Gasteiger partial charge on any atom is 0.240 e. The molecular formula is C14H20F2N2O. The Balaban J connectivity index is 2.76. The zero-order valence-corrected chi connectivity index (χ0v) is 11.7. The number of nitrogens with zero attached hydrogens (tertiary/aromatic N) is 1. The number of amides is 1. The van der Waals surface area contributed by atoms with Crippen molar-refractivity contribution in [2.45, 2.75) is 33.4 Å². The summed E-state index contributed by atoms with van der Waals surface area (Å²) in [5.41, 5.74) is 6.05. The van der Waals surface area contributed by atoms with Crippen LogP contribution in [0.15, 0.2) is 18.2 Å². The van der Waals surface area contributed by atoms with Gasteiger partial charge in [0.1, 0.15) is 0 Å². The highest BCUT2D eigenvalue weighted by molar-refractivity contribution is 5.82. The summed E-state index contributed by atoms with van der Waals surface area (Å²) in [5.74, 6) is -2.04. The van der Waals surface area contributed by atoms with Crippen molar-refractivity contribution in [3.63, 3.8) is 0 Å². The molecule has 0 saturated heterocycles. The van der Waals surface area contributed by atoms with E-state index in [-0.39, 0.29) is 17.9 Å². The Hall–Kier alpha value is -1.49. The lowest BCUT2D eigenvalue weighted by atomic mass is 9.86. The first-order valence-electron chi connectivity index (χ1n) is 6.07. The van der Waals surface area contributed by atoms with Gasteiger partial charge in [0.05, 0.1) is 6.04 Å². The van der Waals surface area contributed by atoms with Crippen LogP contribution in [-0.2, 0) is 11.3 Å². The Labute approximate surface area is 112 Å². The van der Waals surface area contributed by atoms with Crippen LogP contribution >= 0.6 is 0 Å². The van der Waals surface area contributed by atoms with Crippen LogP contribution in [0.1, 0.15) is 26.3 Å². The van der Waals surface area contributed by atoms with Gasteiger partial charge >= 0.3 is 0 Å². The van der Waals surface area contributed by atoms with Crippen LogP contribution in [0.2, 0.25) is 0 Å². The van der Waals surface area contributed by atoms with Gasteiger partial charge < -0.3 is 10.6 Å². The summed E-state index contributed by atoms with van der Waals surface area (Å²) in [7, 11) is 1.59. The van der Waals surface area contributed by atoms with Crippen molar-refractivity contribution in [3.8, 4) is 0 Å². The zero-order valence-electron chi connectivity index (χ0n) is 11.7. The summed E-state index contributed by atoms with van der Waals surface area (Å²) in [5, 5.41) is 0. The molecule has 0 fully saturated rings. The van der Waals surface area contributed by atoms with E-state index in [0.29, 0.717) is 5.56 Å². The lowest BCUT2D eigenvalue weighted by molar-refractivity contribution is -0.134. The molecule has 0 unspecified atom stereocenters. The predicted octanol–water partition coefficient (Wildman–Crippen LogP) is 2.30. The standard InChI is InChI=1S/C14H20F2N2O/c1-14(2,3)12(17)13(19)18(4)8-9-5-6-10(15)11(16)7-9/h5-7,12H,8,17H2,1-4H3/t12-/m0/s1. The fourth-order valence-electron chi connectivity index (χ4n) is 1.60. The molecule has 0 aliphatic carbocycles. The largest absolute Gasteiger partial charge is 0.340 e. The van der Waals surface area contributed by atoms with Crippen molar-refractivity contribution in [2.24, 2.45) is 11.1 Å². The number of halogens is 2. The monoisotopic (exact) mass is 270 g/mol. The highest BCUT2D eigenvalue weighted by Crippen LogP contribution is 2.19. The van der Waals surface area contributed by atoms with Gasteiger partial charge in [-0.1, -0.05) is 26.8 Å². The van der Waals surface area contributed by atoms with Gasteiger partial charge in [-0.25, -0.2) is 8.78 Å². The first-order valence-corrected chi connectivity index (χ1v) is 6.07. The van der Waals surface area contributed by atoms with Crippen LogP contribution in [0.5, 0.6) is 0 Å². The number of nitrogens with two attached hydrogens (primary N) is 1. The first kappa shape index (κ1) is 15.6. The number of hydrogen-bond donors (Lipinski definition) is 1. The van der Waals surface area contributed by atoms with Crippen molar-refractivity contribution < 1.29 is 13.6 Å². The zero-order chi connectivity index (χ0) is 14.8. The van der Waals surface area contributed by atoms with Crippen LogP contribution in [0.3, 0.4) is 0 Å². The fraction of sp³-hybridized carbons (Fsp3) is 0.500. The van der Waals surface area contributed by atoms with Crippen molar-refractivity contribution >= 4 is 5.91 Å². The minimum Gasteiger partial charge on any atom is -0.340 e. The highest BCUT2D eigenvalue weighted by Gasteiger charge is 2.29. The van der Waals surface area contributed by atoms with Gasteiger partial charge in [-0.3, -0.25) is 4.79 Å². The average molecular weight is 270 g/mol. The van der Waals surface area contributed by atoms with E-state index >= 15 is 0 Å². The summed E-state index contributed by atoms with van der Waals surface area (Å²) >= 11 is 0. The third-order valence-electron chi connectivity index (χ3n) is 2.98. The number of hydrogen-bond acceptors (Lipinski definition) is 2. The molecule has 0 saturated carbocycles.